The van der Waals surface area contributed by atoms with Gasteiger partial charge in [-0.2, -0.15) is 4.73 Å². The summed E-state index contributed by atoms with van der Waals surface area (Å²) < 4.78 is 6.57. The zero-order valence-electron chi connectivity index (χ0n) is 14.3. The first-order valence-electron chi connectivity index (χ1n) is 8.08. The molecule has 2 aromatic carbocycles. The highest BCUT2D eigenvalue weighted by atomic mass is 35.5. The summed E-state index contributed by atoms with van der Waals surface area (Å²) in [5.41, 5.74) is 3.46. The average molecular weight is 359 g/mol. The van der Waals surface area contributed by atoms with Crippen LogP contribution in [0, 0.1) is 6.92 Å². The molecule has 0 unspecified atom stereocenters. The SMILES string of the molecule is CCOC(=O)[C@H](C)On1c(-c2ccc(C)cc2)nc2ccc(Cl)cc21. The van der Waals surface area contributed by atoms with Crippen molar-refractivity contribution < 1.29 is 14.4 Å². The van der Waals surface area contributed by atoms with Crippen molar-refractivity contribution in [2.45, 2.75) is 26.9 Å². The fraction of sp³-hybridized carbons (Fsp3) is 0.263. The van der Waals surface area contributed by atoms with Gasteiger partial charge in [-0.25, -0.2) is 9.78 Å². The van der Waals surface area contributed by atoms with E-state index in [0.717, 1.165) is 16.6 Å². The van der Waals surface area contributed by atoms with E-state index in [1.807, 2.05) is 37.3 Å². The molecule has 0 amide bonds. The van der Waals surface area contributed by atoms with Gasteiger partial charge in [-0.3, -0.25) is 0 Å². The van der Waals surface area contributed by atoms with Gasteiger partial charge in [-0.1, -0.05) is 41.4 Å². The lowest BCUT2D eigenvalue weighted by molar-refractivity contribution is -0.155. The summed E-state index contributed by atoms with van der Waals surface area (Å²) in [5, 5.41) is 0.566. The molecule has 0 aliphatic rings. The van der Waals surface area contributed by atoms with E-state index in [1.165, 1.54) is 0 Å². The molecule has 0 aliphatic heterocycles. The maximum Gasteiger partial charge on any atom is 0.349 e. The summed E-state index contributed by atoms with van der Waals surface area (Å²) in [7, 11) is 0. The molecule has 3 aromatic rings. The molecular formula is C19H19ClN2O3. The van der Waals surface area contributed by atoms with E-state index >= 15 is 0 Å². The lowest BCUT2D eigenvalue weighted by Gasteiger charge is -2.16. The fourth-order valence-corrected chi connectivity index (χ4v) is 2.65. The van der Waals surface area contributed by atoms with Crippen molar-refractivity contribution in [1.82, 2.24) is 9.71 Å². The lowest BCUT2D eigenvalue weighted by Crippen LogP contribution is -2.32. The third-order valence-electron chi connectivity index (χ3n) is 3.77. The van der Waals surface area contributed by atoms with Gasteiger partial charge in [0, 0.05) is 10.6 Å². The Bertz CT molecular complexity index is 903. The minimum Gasteiger partial charge on any atom is -0.463 e. The molecule has 0 saturated heterocycles. The van der Waals surface area contributed by atoms with Crippen molar-refractivity contribution in [3.05, 3.63) is 53.1 Å². The Morgan fingerprint density at radius 3 is 2.64 bits per heavy atom. The third kappa shape index (κ3) is 3.61. The number of carbonyl (C=O) groups excluding carboxylic acids is 1. The van der Waals surface area contributed by atoms with E-state index in [-0.39, 0.29) is 0 Å². The fourth-order valence-electron chi connectivity index (χ4n) is 2.48. The largest absolute Gasteiger partial charge is 0.463 e. The summed E-state index contributed by atoms with van der Waals surface area (Å²) in [4.78, 5) is 22.5. The van der Waals surface area contributed by atoms with Crippen LogP contribution in [0.25, 0.3) is 22.4 Å². The first-order chi connectivity index (χ1) is 12.0. The maximum atomic E-state index is 12.0. The molecular weight excluding hydrogens is 340 g/mol. The second-order valence-electron chi connectivity index (χ2n) is 5.73. The molecule has 25 heavy (non-hydrogen) atoms. The van der Waals surface area contributed by atoms with Crippen LogP contribution in [0.4, 0.5) is 0 Å². The minimum atomic E-state index is -0.777. The van der Waals surface area contributed by atoms with Gasteiger partial charge in [0.2, 0.25) is 6.10 Å². The number of hydrogen-bond donors (Lipinski definition) is 0. The molecule has 0 bridgehead atoms. The number of aryl methyl sites for hydroxylation is 1. The van der Waals surface area contributed by atoms with Crippen LogP contribution in [0.3, 0.4) is 0 Å². The molecule has 0 radical (unpaired) electrons. The van der Waals surface area contributed by atoms with Crippen LogP contribution < -0.4 is 4.84 Å². The van der Waals surface area contributed by atoms with Crippen LogP contribution in [0.2, 0.25) is 5.02 Å². The summed E-state index contributed by atoms with van der Waals surface area (Å²) >= 11 is 6.13. The number of benzene rings is 2. The van der Waals surface area contributed by atoms with Gasteiger partial charge in [0.1, 0.15) is 5.52 Å². The van der Waals surface area contributed by atoms with Crippen LogP contribution in [-0.2, 0) is 9.53 Å². The molecule has 0 fully saturated rings. The van der Waals surface area contributed by atoms with Gasteiger partial charge in [0.05, 0.1) is 12.1 Å². The van der Waals surface area contributed by atoms with Crippen molar-refractivity contribution >= 4 is 28.6 Å². The van der Waals surface area contributed by atoms with Crippen molar-refractivity contribution in [2.24, 2.45) is 0 Å². The number of imidazole rings is 1. The molecule has 0 saturated carbocycles. The molecule has 3 rings (SSSR count). The Balaban J connectivity index is 2.09. The number of ether oxygens (including phenoxy) is 1. The van der Waals surface area contributed by atoms with Gasteiger partial charge in [0.25, 0.3) is 0 Å². The van der Waals surface area contributed by atoms with Crippen molar-refractivity contribution in [1.29, 1.82) is 0 Å². The highest BCUT2D eigenvalue weighted by molar-refractivity contribution is 6.31. The normalized spacial score (nSPS) is 12.2. The average Bonchev–Trinajstić information content (AvgIpc) is 2.93. The standard InChI is InChI=1S/C19H19ClN2O3/c1-4-24-19(23)13(3)25-22-17-11-15(20)9-10-16(17)21-18(22)14-7-5-12(2)6-8-14/h5-11,13H,4H2,1-3H3/t13-/m0/s1. The van der Waals surface area contributed by atoms with Crippen LogP contribution >= 0.6 is 11.6 Å². The van der Waals surface area contributed by atoms with Crippen molar-refractivity contribution in [3.63, 3.8) is 0 Å². The molecule has 130 valence electrons. The third-order valence-corrected chi connectivity index (χ3v) is 4.00. The van der Waals surface area contributed by atoms with E-state index < -0.39 is 12.1 Å². The number of hydrogen-bond acceptors (Lipinski definition) is 4. The van der Waals surface area contributed by atoms with Gasteiger partial charge in [-0.15, -0.1) is 0 Å². The van der Waals surface area contributed by atoms with E-state index in [9.17, 15) is 4.79 Å². The topological polar surface area (TPSA) is 53.4 Å². The molecule has 1 atom stereocenters. The van der Waals surface area contributed by atoms with Gasteiger partial charge in [-0.05, 0) is 39.0 Å². The van der Waals surface area contributed by atoms with Crippen LogP contribution in [-0.4, -0.2) is 28.4 Å². The molecule has 1 heterocycles. The van der Waals surface area contributed by atoms with Crippen LogP contribution in [0.15, 0.2) is 42.5 Å². The number of nitrogens with zero attached hydrogens (tertiary/aromatic N) is 2. The quantitative estimate of drug-likeness (QED) is 0.646. The molecule has 0 aliphatic carbocycles. The predicted octanol–water partition coefficient (Wildman–Crippen LogP) is 4.05. The number of fused-ring (bicyclic) bond motifs is 1. The number of rotatable bonds is 5. The Kier molecular flexibility index (Phi) is 4.95. The monoisotopic (exact) mass is 358 g/mol. The predicted molar refractivity (Wildman–Crippen MR) is 97.6 cm³/mol. The van der Waals surface area contributed by atoms with Gasteiger partial charge >= 0.3 is 5.97 Å². The smallest absolute Gasteiger partial charge is 0.349 e. The molecule has 5 nitrogen and oxygen atoms in total. The highest BCUT2D eigenvalue weighted by Crippen LogP contribution is 2.26. The number of aromatic nitrogens is 2. The Hall–Kier alpha value is -2.53. The van der Waals surface area contributed by atoms with Crippen molar-refractivity contribution in [3.8, 4) is 11.4 Å². The minimum absolute atomic E-state index is 0.299. The summed E-state index contributed by atoms with van der Waals surface area (Å²) in [6.45, 7) is 5.72. The number of esters is 1. The number of carbonyl (C=O) groups is 1. The Labute approximate surface area is 151 Å². The van der Waals surface area contributed by atoms with Crippen LogP contribution in [0.5, 0.6) is 0 Å². The van der Waals surface area contributed by atoms with E-state index in [0.29, 0.717) is 23.0 Å². The molecule has 0 N–H and O–H groups in total. The molecule has 0 spiro atoms. The molecule has 1 aromatic heterocycles. The second-order valence-corrected chi connectivity index (χ2v) is 6.16. The summed E-state index contributed by atoms with van der Waals surface area (Å²) in [6, 6.07) is 13.3. The van der Waals surface area contributed by atoms with Gasteiger partial charge < -0.3 is 9.57 Å². The molecule has 6 heteroatoms. The van der Waals surface area contributed by atoms with E-state index in [2.05, 4.69) is 4.98 Å². The summed E-state index contributed by atoms with van der Waals surface area (Å²) in [6.07, 6.45) is -0.777. The summed E-state index contributed by atoms with van der Waals surface area (Å²) in [5.74, 6) is 0.176. The van der Waals surface area contributed by atoms with Crippen molar-refractivity contribution in [2.75, 3.05) is 6.61 Å². The zero-order valence-corrected chi connectivity index (χ0v) is 15.1. The highest BCUT2D eigenvalue weighted by Gasteiger charge is 2.21. The van der Waals surface area contributed by atoms with Gasteiger partial charge in [0.15, 0.2) is 5.82 Å². The maximum absolute atomic E-state index is 12.0. The lowest BCUT2D eigenvalue weighted by atomic mass is 10.1. The van der Waals surface area contributed by atoms with E-state index in [1.54, 1.807) is 30.7 Å². The Morgan fingerprint density at radius 2 is 1.96 bits per heavy atom. The number of halogens is 1. The first kappa shape index (κ1) is 17.3. The Morgan fingerprint density at radius 1 is 1.24 bits per heavy atom. The second kappa shape index (κ2) is 7.15. The van der Waals surface area contributed by atoms with Crippen LogP contribution in [0.1, 0.15) is 19.4 Å². The first-order valence-corrected chi connectivity index (χ1v) is 8.46. The van der Waals surface area contributed by atoms with E-state index in [4.69, 9.17) is 21.2 Å². The zero-order chi connectivity index (χ0) is 18.0.